The SMILES string of the molecule is C=CC1CCC1CCC.CC.CC.CC.CCC1(CCC(C)C)C=CCCC1. The summed E-state index contributed by atoms with van der Waals surface area (Å²) >= 11 is 0. The van der Waals surface area contributed by atoms with Crippen LogP contribution in [0.5, 0.6) is 0 Å². The average Bonchev–Trinajstić information content (AvgIpc) is 2.75. The van der Waals surface area contributed by atoms with Crippen molar-refractivity contribution in [3.05, 3.63) is 24.8 Å². The van der Waals surface area contributed by atoms with Crippen molar-refractivity contribution in [2.45, 2.75) is 133 Å². The second-order valence-electron chi connectivity index (χ2n) is 7.97. The van der Waals surface area contributed by atoms with E-state index in [1.807, 2.05) is 41.5 Å². The van der Waals surface area contributed by atoms with E-state index >= 15 is 0 Å². The molecule has 3 atom stereocenters. The van der Waals surface area contributed by atoms with E-state index in [4.69, 9.17) is 0 Å². The molecule has 0 saturated heterocycles. The van der Waals surface area contributed by atoms with Gasteiger partial charge in [0.05, 0.1) is 0 Å². The van der Waals surface area contributed by atoms with Crippen molar-refractivity contribution >= 4 is 0 Å². The zero-order valence-electron chi connectivity index (χ0n) is 21.7. The molecule has 3 unspecified atom stereocenters. The van der Waals surface area contributed by atoms with Crippen molar-refractivity contribution in [2.75, 3.05) is 0 Å². The van der Waals surface area contributed by atoms with Crippen LogP contribution in [0.2, 0.25) is 0 Å². The molecular weight excluding hydrogens is 336 g/mol. The highest BCUT2D eigenvalue weighted by Crippen LogP contribution is 2.39. The van der Waals surface area contributed by atoms with Crippen LogP contribution in [-0.4, -0.2) is 0 Å². The van der Waals surface area contributed by atoms with Crippen molar-refractivity contribution in [2.24, 2.45) is 23.2 Å². The van der Waals surface area contributed by atoms with E-state index in [9.17, 15) is 0 Å². The number of rotatable bonds is 7. The first-order valence-electron chi connectivity index (χ1n) is 12.9. The van der Waals surface area contributed by atoms with Gasteiger partial charge in [0.2, 0.25) is 0 Å². The first-order chi connectivity index (χ1) is 13.6. The van der Waals surface area contributed by atoms with Crippen LogP contribution in [0.4, 0.5) is 0 Å². The van der Waals surface area contributed by atoms with Gasteiger partial charge in [0, 0.05) is 0 Å². The molecule has 2 aliphatic carbocycles. The van der Waals surface area contributed by atoms with Crippen molar-refractivity contribution in [3.8, 4) is 0 Å². The first-order valence-corrected chi connectivity index (χ1v) is 12.9. The fourth-order valence-electron chi connectivity index (χ4n) is 3.88. The van der Waals surface area contributed by atoms with Gasteiger partial charge >= 0.3 is 0 Å². The molecule has 28 heavy (non-hydrogen) atoms. The van der Waals surface area contributed by atoms with Gasteiger partial charge in [-0.1, -0.05) is 107 Å². The Labute approximate surface area is 181 Å². The zero-order chi connectivity index (χ0) is 22.4. The van der Waals surface area contributed by atoms with Crippen molar-refractivity contribution in [1.29, 1.82) is 0 Å². The molecule has 0 radical (unpaired) electrons. The Morgan fingerprint density at radius 1 is 1.04 bits per heavy atom. The molecule has 1 fully saturated rings. The summed E-state index contributed by atoms with van der Waals surface area (Å²) in [6.45, 7) is 25.1. The maximum Gasteiger partial charge on any atom is -0.0121 e. The molecule has 0 heterocycles. The summed E-state index contributed by atoms with van der Waals surface area (Å²) in [5.74, 6) is 2.72. The minimum absolute atomic E-state index is 0.572. The fraction of sp³-hybridized carbons (Fsp3) is 0.857. The van der Waals surface area contributed by atoms with E-state index in [2.05, 4.69) is 52.5 Å². The van der Waals surface area contributed by atoms with Crippen LogP contribution in [0.3, 0.4) is 0 Å². The van der Waals surface area contributed by atoms with E-state index < -0.39 is 0 Å². The molecule has 0 aliphatic heterocycles. The molecule has 0 N–H and O–H groups in total. The van der Waals surface area contributed by atoms with Crippen LogP contribution in [0.25, 0.3) is 0 Å². The lowest BCUT2D eigenvalue weighted by Gasteiger charge is -2.34. The lowest BCUT2D eigenvalue weighted by atomic mass is 9.72. The highest BCUT2D eigenvalue weighted by atomic mass is 14.3. The molecule has 0 amide bonds. The van der Waals surface area contributed by atoms with Crippen LogP contribution in [0.1, 0.15) is 133 Å². The van der Waals surface area contributed by atoms with E-state index in [1.165, 1.54) is 64.2 Å². The molecule has 2 rings (SSSR count). The standard InChI is InChI=1S/C13H24.C9H16.3C2H6/c1-4-13(11-8-12(2)3)9-6-5-7-10-13;1-3-5-9-7-6-8(9)4-2;3*1-2/h6,9,12H,4-5,7-8,10-11H2,1-3H3;4,8-9H,2-3,5-7H2,1H3;3*1-2H3. The van der Waals surface area contributed by atoms with Gasteiger partial charge in [-0.15, -0.1) is 6.58 Å². The number of allylic oxidation sites excluding steroid dienone is 3. The minimum Gasteiger partial charge on any atom is -0.103 e. The minimum atomic E-state index is 0.572. The van der Waals surface area contributed by atoms with Gasteiger partial charge in [-0.25, -0.2) is 0 Å². The van der Waals surface area contributed by atoms with Crippen LogP contribution in [-0.2, 0) is 0 Å². The highest BCUT2D eigenvalue weighted by molar-refractivity contribution is 5.02. The first kappa shape index (κ1) is 32.2. The Bertz CT molecular complexity index is 325. The van der Waals surface area contributed by atoms with Crippen LogP contribution >= 0.6 is 0 Å². The largest absolute Gasteiger partial charge is 0.103 e. The summed E-state index contributed by atoms with van der Waals surface area (Å²) in [6.07, 6.45) is 20.9. The monoisotopic (exact) mass is 394 g/mol. The quantitative estimate of drug-likeness (QED) is 0.376. The molecule has 1 saturated carbocycles. The van der Waals surface area contributed by atoms with Gasteiger partial charge in [-0.2, -0.15) is 0 Å². The molecular formula is C28H58. The van der Waals surface area contributed by atoms with E-state index in [1.54, 1.807) is 0 Å². The van der Waals surface area contributed by atoms with Crippen LogP contribution in [0.15, 0.2) is 24.8 Å². The normalized spacial score (nSPS) is 24.5. The van der Waals surface area contributed by atoms with E-state index in [0.717, 1.165) is 17.8 Å². The molecule has 0 aromatic carbocycles. The van der Waals surface area contributed by atoms with Crippen molar-refractivity contribution in [1.82, 2.24) is 0 Å². The highest BCUT2D eigenvalue weighted by Gasteiger charge is 2.27. The van der Waals surface area contributed by atoms with Crippen LogP contribution in [0, 0.1) is 23.2 Å². The summed E-state index contributed by atoms with van der Waals surface area (Å²) in [7, 11) is 0. The van der Waals surface area contributed by atoms with Crippen molar-refractivity contribution < 1.29 is 0 Å². The maximum absolute atomic E-state index is 3.82. The second-order valence-corrected chi connectivity index (χ2v) is 7.97. The molecule has 2 aliphatic rings. The smallest absolute Gasteiger partial charge is 0.0121 e. The Morgan fingerprint density at radius 2 is 1.64 bits per heavy atom. The Kier molecular flexibility index (Phi) is 26.1. The van der Waals surface area contributed by atoms with E-state index in [0.29, 0.717) is 5.41 Å². The van der Waals surface area contributed by atoms with Crippen LogP contribution < -0.4 is 0 Å². The van der Waals surface area contributed by atoms with Gasteiger partial charge in [-0.05, 0) is 68.1 Å². The Hall–Kier alpha value is -0.520. The molecule has 170 valence electrons. The number of hydrogen-bond acceptors (Lipinski definition) is 0. The van der Waals surface area contributed by atoms with Crippen molar-refractivity contribution in [3.63, 3.8) is 0 Å². The predicted octanol–water partition coefficient (Wildman–Crippen LogP) is 10.6. The molecule has 0 aromatic heterocycles. The lowest BCUT2D eigenvalue weighted by Crippen LogP contribution is -2.23. The maximum atomic E-state index is 3.82. The average molecular weight is 395 g/mol. The topological polar surface area (TPSA) is 0 Å². The number of hydrogen-bond donors (Lipinski definition) is 0. The summed E-state index contributed by atoms with van der Waals surface area (Å²) in [5.41, 5.74) is 0.572. The zero-order valence-corrected chi connectivity index (χ0v) is 21.7. The predicted molar refractivity (Wildman–Crippen MR) is 135 cm³/mol. The summed E-state index contributed by atoms with van der Waals surface area (Å²) < 4.78 is 0. The lowest BCUT2D eigenvalue weighted by molar-refractivity contribution is 0.211. The van der Waals surface area contributed by atoms with Gasteiger partial charge < -0.3 is 0 Å². The third-order valence-electron chi connectivity index (χ3n) is 5.88. The van der Waals surface area contributed by atoms with E-state index in [-0.39, 0.29) is 0 Å². The second kappa shape index (κ2) is 22.8. The Balaban J connectivity index is -0.000000364. The van der Waals surface area contributed by atoms with Gasteiger partial charge in [0.25, 0.3) is 0 Å². The van der Waals surface area contributed by atoms with Gasteiger partial charge in [-0.3, -0.25) is 0 Å². The molecule has 0 bridgehead atoms. The third kappa shape index (κ3) is 14.5. The third-order valence-corrected chi connectivity index (χ3v) is 5.88. The summed E-state index contributed by atoms with van der Waals surface area (Å²) in [6, 6.07) is 0. The molecule has 0 aromatic rings. The molecule has 0 spiro atoms. The summed E-state index contributed by atoms with van der Waals surface area (Å²) in [5, 5.41) is 0. The van der Waals surface area contributed by atoms with Gasteiger partial charge in [0.1, 0.15) is 0 Å². The Morgan fingerprint density at radius 3 is 1.96 bits per heavy atom. The van der Waals surface area contributed by atoms with Gasteiger partial charge in [0.15, 0.2) is 0 Å². The molecule has 0 nitrogen and oxygen atoms in total. The summed E-state index contributed by atoms with van der Waals surface area (Å²) in [4.78, 5) is 0. The molecule has 0 heteroatoms. The fourth-order valence-corrected chi connectivity index (χ4v) is 3.88.